The molecule has 4 N–H and O–H groups in total. The molecule has 0 radical (unpaired) electrons. The number of carboxylic acids is 2. The first-order valence-corrected chi connectivity index (χ1v) is 2.44. The summed E-state index contributed by atoms with van der Waals surface area (Å²) in [5.41, 5.74) is 4.60. The molecule has 0 spiro atoms. The fourth-order valence-electron chi connectivity index (χ4n) is 0.357. The lowest BCUT2D eigenvalue weighted by Gasteiger charge is -1.92. The van der Waals surface area contributed by atoms with Crippen LogP contribution in [0.4, 0.5) is 0 Å². The van der Waals surface area contributed by atoms with Gasteiger partial charge in [0.15, 0.2) is 0 Å². The van der Waals surface area contributed by atoms with Crippen LogP contribution in [0.1, 0.15) is 0 Å². The Kier molecular flexibility index (Phi) is 3.13. The quantitative estimate of drug-likeness (QED) is 0.444. The Bertz CT molecular complexity index is 184. The molecule has 0 fully saturated rings. The molecule has 0 aliphatic heterocycles. The van der Waals surface area contributed by atoms with Crippen LogP contribution in [0.25, 0.3) is 0 Å². The summed E-state index contributed by atoms with van der Waals surface area (Å²) in [6.45, 7) is -0.276. The van der Waals surface area contributed by atoms with E-state index in [4.69, 9.17) is 15.9 Å². The van der Waals surface area contributed by atoms with Crippen molar-refractivity contribution in [3.05, 3.63) is 11.6 Å². The SMILES string of the molecule is NC/C(=C/C(=O)O)C(=O)O. The maximum Gasteiger partial charge on any atom is 0.333 e. The third-order valence-electron chi connectivity index (χ3n) is 0.792. The zero-order chi connectivity index (χ0) is 8.15. The molecule has 0 saturated carbocycles. The summed E-state index contributed by atoms with van der Waals surface area (Å²) in [6, 6.07) is 0. The predicted octanol–water partition coefficient (Wildman–Crippen LogP) is -0.959. The van der Waals surface area contributed by atoms with Crippen molar-refractivity contribution < 1.29 is 19.8 Å². The first kappa shape index (κ1) is 8.64. The number of nitrogens with two attached hydrogens (primary N) is 1. The van der Waals surface area contributed by atoms with Gasteiger partial charge < -0.3 is 15.9 Å². The van der Waals surface area contributed by atoms with Gasteiger partial charge in [-0.3, -0.25) is 0 Å². The average Bonchev–Trinajstić information content (AvgIpc) is 1.81. The molecular weight excluding hydrogens is 138 g/mol. The van der Waals surface area contributed by atoms with Crippen molar-refractivity contribution in [2.75, 3.05) is 6.54 Å². The molecule has 0 rings (SSSR count). The van der Waals surface area contributed by atoms with Crippen molar-refractivity contribution in [1.29, 1.82) is 0 Å². The molecule has 10 heavy (non-hydrogen) atoms. The number of carboxylic acid groups (broad SMARTS) is 2. The van der Waals surface area contributed by atoms with E-state index in [0.29, 0.717) is 6.08 Å². The van der Waals surface area contributed by atoms with Gasteiger partial charge in [-0.15, -0.1) is 0 Å². The number of rotatable bonds is 3. The van der Waals surface area contributed by atoms with Gasteiger partial charge in [-0.25, -0.2) is 9.59 Å². The van der Waals surface area contributed by atoms with Gasteiger partial charge in [-0.1, -0.05) is 0 Å². The first-order valence-electron chi connectivity index (χ1n) is 2.44. The average molecular weight is 145 g/mol. The van der Waals surface area contributed by atoms with E-state index in [1.54, 1.807) is 0 Å². The van der Waals surface area contributed by atoms with Crippen LogP contribution in [0.2, 0.25) is 0 Å². The minimum atomic E-state index is -1.30. The van der Waals surface area contributed by atoms with Gasteiger partial charge in [0.25, 0.3) is 0 Å². The summed E-state index contributed by atoms with van der Waals surface area (Å²) < 4.78 is 0. The molecule has 0 aliphatic carbocycles. The number of hydrogen-bond donors (Lipinski definition) is 3. The molecule has 5 nitrogen and oxygen atoms in total. The first-order chi connectivity index (χ1) is 4.57. The molecule has 0 saturated heterocycles. The van der Waals surface area contributed by atoms with Crippen molar-refractivity contribution in [3.63, 3.8) is 0 Å². The number of carbonyl (C=O) groups is 2. The van der Waals surface area contributed by atoms with Gasteiger partial charge in [0, 0.05) is 12.6 Å². The summed E-state index contributed by atoms with van der Waals surface area (Å²) in [5.74, 6) is -2.60. The summed E-state index contributed by atoms with van der Waals surface area (Å²) in [4.78, 5) is 19.9. The van der Waals surface area contributed by atoms with Crippen molar-refractivity contribution in [2.24, 2.45) is 5.73 Å². The molecule has 0 aliphatic rings. The number of aliphatic carboxylic acids is 2. The van der Waals surface area contributed by atoms with Crippen LogP contribution in [0.3, 0.4) is 0 Å². The molecule has 0 unspecified atom stereocenters. The Hall–Kier alpha value is -1.36. The van der Waals surface area contributed by atoms with Gasteiger partial charge in [0.05, 0.1) is 5.57 Å². The van der Waals surface area contributed by atoms with Gasteiger partial charge in [0.1, 0.15) is 0 Å². The largest absolute Gasteiger partial charge is 0.478 e. The van der Waals surface area contributed by atoms with Crippen molar-refractivity contribution in [3.8, 4) is 0 Å². The van der Waals surface area contributed by atoms with E-state index in [-0.39, 0.29) is 12.1 Å². The Morgan fingerprint density at radius 2 is 1.90 bits per heavy atom. The Balaban J connectivity index is 4.34. The Labute approximate surface area is 56.8 Å². The van der Waals surface area contributed by atoms with Crippen LogP contribution in [-0.4, -0.2) is 28.7 Å². The van der Waals surface area contributed by atoms with Crippen LogP contribution in [-0.2, 0) is 9.59 Å². The van der Waals surface area contributed by atoms with Crippen LogP contribution in [0, 0.1) is 0 Å². The second-order valence-corrected chi connectivity index (χ2v) is 1.52. The van der Waals surface area contributed by atoms with E-state index in [0.717, 1.165) is 0 Å². The lowest BCUT2D eigenvalue weighted by Crippen LogP contribution is -2.13. The van der Waals surface area contributed by atoms with Gasteiger partial charge in [0.2, 0.25) is 0 Å². The van der Waals surface area contributed by atoms with Crippen molar-refractivity contribution >= 4 is 11.9 Å². The Morgan fingerprint density at radius 3 is 2.00 bits per heavy atom. The van der Waals surface area contributed by atoms with E-state index in [1.165, 1.54) is 0 Å². The molecule has 0 bridgehead atoms. The fraction of sp³-hybridized carbons (Fsp3) is 0.200. The minimum absolute atomic E-state index is 0.276. The molecule has 0 atom stereocenters. The standard InChI is InChI=1S/C5H7NO4/c6-2-3(5(9)10)1-4(7)8/h1H,2,6H2,(H,7,8)(H,9,10)/b3-1-. The lowest BCUT2D eigenvalue weighted by atomic mass is 10.2. The maximum absolute atomic E-state index is 10.1. The highest BCUT2D eigenvalue weighted by Crippen LogP contribution is 1.89. The van der Waals surface area contributed by atoms with Crippen LogP contribution in [0.5, 0.6) is 0 Å². The van der Waals surface area contributed by atoms with Gasteiger partial charge in [-0.2, -0.15) is 0 Å². The van der Waals surface area contributed by atoms with E-state index in [2.05, 4.69) is 0 Å². The second-order valence-electron chi connectivity index (χ2n) is 1.52. The normalized spacial score (nSPS) is 11.1. The third kappa shape index (κ3) is 2.83. The molecule has 5 heteroatoms. The third-order valence-corrected chi connectivity index (χ3v) is 0.792. The summed E-state index contributed by atoms with van der Waals surface area (Å²) in [6.07, 6.45) is 0.572. The van der Waals surface area contributed by atoms with E-state index >= 15 is 0 Å². The number of hydrogen-bond acceptors (Lipinski definition) is 3. The lowest BCUT2D eigenvalue weighted by molar-refractivity contribution is -0.135. The monoisotopic (exact) mass is 145 g/mol. The zero-order valence-corrected chi connectivity index (χ0v) is 5.07. The topological polar surface area (TPSA) is 101 Å². The molecule has 56 valence electrons. The predicted molar refractivity (Wildman–Crippen MR) is 32.4 cm³/mol. The molecule has 0 amide bonds. The summed E-state index contributed by atoms with van der Waals surface area (Å²) in [7, 11) is 0. The molecule has 0 aromatic carbocycles. The van der Waals surface area contributed by atoms with Crippen molar-refractivity contribution in [1.82, 2.24) is 0 Å². The van der Waals surface area contributed by atoms with E-state index < -0.39 is 11.9 Å². The van der Waals surface area contributed by atoms with Crippen LogP contribution in [0.15, 0.2) is 11.6 Å². The molecular formula is C5H7NO4. The molecule has 0 aromatic rings. The second kappa shape index (κ2) is 3.62. The van der Waals surface area contributed by atoms with Crippen LogP contribution >= 0.6 is 0 Å². The van der Waals surface area contributed by atoms with E-state index in [9.17, 15) is 9.59 Å². The highest BCUT2D eigenvalue weighted by Gasteiger charge is 2.05. The smallest absolute Gasteiger partial charge is 0.333 e. The summed E-state index contributed by atoms with van der Waals surface area (Å²) >= 11 is 0. The Morgan fingerprint density at radius 1 is 1.40 bits per heavy atom. The van der Waals surface area contributed by atoms with Gasteiger partial charge >= 0.3 is 11.9 Å². The maximum atomic E-state index is 10.1. The highest BCUT2D eigenvalue weighted by atomic mass is 16.4. The fourth-order valence-corrected chi connectivity index (χ4v) is 0.357. The zero-order valence-electron chi connectivity index (χ0n) is 5.07. The molecule has 0 aromatic heterocycles. The minimum Gasteiger partial charge on any atom is -0.478 e. The summed E-state index contributed by atoms with van der Waals surface area (Å²) in [5, 5.41) is 16.3. The van der Waals surface area contributed by atoms with Gasteiger partial charge in [-0.05, 0) is 0 Å². The highest BCUT2D eigenvalue weighted by molar-refractivity contribution is 5.94. The molecule has 0 heterocycles. The van der Waals surface area contributed by atoms with Crippen LogP contribution < -0.4 is 5.73 Å². The van der Waals surface area contributed by atoms with Crippen molar-refractivity contribution in [2.45, 2.75) is 0 Å². The van der Waals surface area contributed by atoms with E-state index in [1.807, 2.05) is 0 Å².